The van der Waals surface area contributed by atoms with E-state index < -0.39 is 6.04 Å². The van der Waals surface area contributed by atoms with Crippen molar-refractivity contribution in [3.05, 3.63) is 0 Å². The summed E-state index contributed by atoms with van der Waals surface area (Å²) in [6, 6.07) is -0.554. The smallest absolute Gasteiger partial charge is 0.328 e. The first-order chi connectivity index (χ1) is 7.56. The Morgan fingerprint density at radius 2 is 1.94 bits per heavy atom. The van der Waals surface area contributed by atoms with Crippen molar-refractivity contribution in [2.24, 2.45) is 5.92 Å². The third kappa shape index (κ3) is 5.11. The van der Waals surface area contributed by atoms with E-state index in [0.29, 0.717) is 0 Å². The number of rotatable bonds is 7. The van der Waals surface area contributed by atoms with E-state index in [9.17, 15) is 9.59 Å². The highest BCUT2D eigenvalue weighted by molar-refractivity contribution is 5.85. The lowest BCUT2D eigenvalue weighted by molar-refractivity contribution is -0.146. The molecular formula is C11H22N2O3. The monoisotopic (exact) mass is 230 g/mol. The molecule has 2 N–H and O–H groups in total. The number of esters is 1. The van der Waals surface area contributed by atoms with Crippen molar-refractivity contribution >= 4 is 11.9 Å². The molecule has 0 fully saturated rings. The molecule has 0 rings (SSSR count). The normalized spacial score (nSPS) is 14.0. The summed E-state index contributed by atoms with van der Waals surface area (Å²) in [5, 5.41) is 5.58. The van der Waals surface area contributed by atoms with Crippen molar-refractivity contribution in [2.75, 3.05) is 20.2 Å². The molecule has 0 heterocycles. The molecule has 0 aliphatic heterocycles. The second kappa shape index (κ2) is 8.10. The van der Waals surface area contributed by atoms with Crippen LogP contribution in [0.4, 0.5) is 0 Å². The van der Waals surface area contributed by atoms with Crippen LogP contribution in [0.5, 0.6) is 0 Å². The van der Waals surface area contributed by atoms with Gasteiger partial charge in [0.25, 0.3) is 0 Å². The maximum absolute atomic E-state index is 11.5. The predicted molar refractivity (Wildman–Crippen MR) is 61.9 cm³/mol. The van der Waals surface area contributed by atoms with Crippen molar-refractivity contribution < 1.29 is 14.3 Å². The molecule has 0 saturated carbocycles. The lowest BCUT2D eigenvalue weighted by atomic mass is 9.99. The topological polar surface area (TPSA) is 67.4 Å². The van der Waals surface area contributed by atoms with E-state index in [1.54, 1.807) is 0 Å². The van der Waals surface area contributed by atoms with E-state index in [2.05, 4.69) is 15.4 Å². The molecule has 16 heavy (non-hydrogen) atoms. The molecule has 1 amide bonds. The van der Waals surface area contributed by atoms with E-state index in [1.807, 2.05) is 20.8 Å². The minimum atomic E-state index is -0.554. The third-order valence-electron chi connectivity index (χ3n) is 2.52. The average Bonchev–Trinajstić information content (AvgIpc) is 2.31. The van der Waals surface area contributed by atoms with Crippen LogP contribution >= 0.6 is 0 Å². The molecular weight excluding hydrogens is 208 g/mol. The highest BCUT2D eigenvalue weighted by Gasteiger charge is 2.26. The lowest BCUT2D eigenvalue weighted by Gasteiger charge is -2.21. The molecule has 0 aromatic heterocycles. The molecule has 0 bridgehead atoms. The van der Waals surface area contributed by atoms with Gasteiger partial charge in [0.2, 0.25) is 5.91 Å². The van der Waals surface area contributed by atoms with Crippen LogP contribution in [-0.4, -0.2) is 38.1 Å². The van der Waals surface area contributed by atoms with Crippen molar-refractivity contribution in [3.63, 3.8) is 0 Å². The predicted octanol–water partition coefficient (Wildman–Crippen LogP) is 0.300. The van der Waals surface area contributed by atoms with Crippen LogP contribution in [0.15, 0.2) is 0 Å². The zero-order valence-corrected chi connectivity index (χ0v) is 10.5. The summed E-state index contributed by atoms with van der Waals surface area (Å²) in [4.78, 5) is 22.9. The van der Waals surface area contributed by atoms with Gasteiger partial charge in [-0.05, 0) is 12.5 Å². The van der Waals surface area contributed by atoms with E-state index in [1.165, 1.54) is 7.11 Å². The van der Waals surface area contributed by atoms with Gasteiger partial charge in [0, 0.05) is 0 Å². The second-order valence-electron chi connectivity index (χ2n) is 3.73. The van der Waals surface area contributed by atoms with E-state index in [-0.39, 0.29) is 24.3 Å². The van der Waals surface area contributed by atoms with Crippen LogP contribution in [0.3, 0.4) is 0 Å². The first-order valence-electron chi connectivity index (χ1n) is 5.64. The van der Waals surface area contributed by atoms with Gasteiger partial charge in [-0.1, -0.05) is 27.2 Å². The summed E-state index contributed by atoms with van der Waals surface area (Å²) >= 11 is 0. The number of hydrogen-bond acceptors (Lipinski definition) is 4. The van der Waals surface area contributed by atoms with Crippen LogP contribution in [-0.2, 0) is 14.3 Å². The number of carbonyl (C=O) groups is 2. The Morgan fingerprint density at radius 3 is 2.38 bits per heavy atom. The van der Waals surface area contributed by atoms with Crippen LogP contribution in [0.2, 0.25) is 0 Å². The molecule has 0 aliphatic rings. The molecule has 5 heteroatoms. The van der Waals surface area contributed by atoms with Crippen LogP contribution in [0.1, 0.15) is 27.2 Å². The minimum Gasteiger partial charge on any atom is -0.467 e. The standard InChI is InChI=1S/C11H22N2O3/c1-5-8(3)10(11(15)16-4)13-9(14)7-12-6-2/h8,10,12H,5-7H2,1-4H3,(H,13,14). The van der Waals surface area contributed by atoms with Gasteiger partial charge in [-0.15, -0.1) is 0 Å². The van der Waals surface area contributed by atoms with Crippen molar-refractivity contribution in [1.29, 1.82) is 0 Å². The van der Waals surface area contributed by atoms with Crippen molar-refractivity contribution in [1.82, 2.24) is 10.6 Å². The molecule has 0 saturated heterocycles. The largest absolute Gasteiger partial charge is 0.467 e. The molecule has 2 atom stereocenters. The van der Waals surface area contributed by atoms with Gasteiger partial charge in [-0.25, -0.2) is 4.79 Å². The number of amides is 1. The van der Waals surface area contributed by atoms with Gasteiger partial charge in [-0.3, -0.25) is 4.79 Å². The number of ether oxygens (including phenoxy) is 1. The lowest BCUT2D eigenvalue weighted by Crippen LogP contribution is -2.48. The fourth-order valence-electron chi connectivity index (χ4n) is 1.26. The van der Waals surface area contributed by atoms with E-state index in [0.717, 1.165) is 13.0 Å². The van der Waals surface area contributed by atoms with Crippen LogP contribution in [0.25, 0.3) is 0 Å². The SMILES string of the molecule is CCNCC(=O)NC(C(=O)OC)C(C)CC. The maximum atomic E-state index is 11.5. The second-order valence-corrected chi connectivity index (χ2v) is 3.73. The zero-order chi connectivity index (χ0) is 12.6. The zero-order valence-electron chi connectivity index (χ0n) is 10.5. The average molecular weight is 230 g/mol. The molecule has 0 aromatic rings. The first-order valence-corrected chi connectivity index (χ1v) is 5.64. The Morgan fingerprint density at radius 1 is 1.31 bits per heavy atom. The van der Waals surface area contributed by atoms with E-state index >= 15 is 0 Å². The fourth-order valence-corrected chi connectivity index (χ4v) is 1.26. The molecule has 2 unspecified atom stereocenters. The number of nitrogens with one attached hydrogen (secondary N) is 2. The Labute approximate surface area is 96.9 Å². The molecule has 0 aromatic carbocycles. The van der Waals surface area contributed by atoms with Crippen molar-refractivity contribution in [2.45, 2.75) is 33.2 Å². The number of methoxy groups -OCH3 is 1. The van der Waals surface area contributed by atoms with Crippen LogP contribution in [0, 0.1) is 5.92 Å². The first kappa shape index (κ1) is 14.9. The van der Waals surface area contributed by atoms with Crippen LogP contribution < -0.4 is 10.6 Å². The van der Waals surface area contributed by atoms with E-state index in [4.69, 9.17) is 0 Å². The molecule has 0 spiro atoms. The van der Waals surface area contributed by atoms with Gasteiger partial charge in [0.05, 0.1) is 13.7 Å². The van der Waals surface area contributed by atoms with Gasteiger partial charge in [0.15, 0.2) is 0 Å². The van der Waals surface area contributed by atoms with Gasteiger partial charge in [0.1, 0.15) is 6.04 Å². The molecule has 0 aliphatic carbocycles. The molecule has 5 nitrogen and oxygen atoms in total. The Balaban J connectivity index is 4.31. The summed E-state index contributed by atoms with van der Waals surface area (Å²) in [6.07, 6.45) is 0.807. The quantitative estimate of drug-likeness (QED) is 0.617. The summed E-state index contributed by atoms with van der Waals surface area (Å²) in [6.45, 7) is 6.74. The summed E-state index contributed by atoms with van der Waals surface area (Å²) in [5.74, 6) is -0.505. The van der Waals surface area contributed by atoms with Gasteiger partial charge >= 0.3 is 5.97 Å². The number of likely N-dealkylation sites (N-methyl/N-ethyl adjacent to an activating group) is 1. The van der Waals surface area contributed by atoms with Gasteiger partial charge in [-0.2, -0.15) is 0 Å². The summed E-state index contributed by atoms with van der Waals surface area (Å²) < 4.78 is 4.67. The fraction of sp³-hybridized carbons (Fsp3) is 0.818. The Kier molecular flexibility index (Phi) is 7.54. The summed E-state index contributed by atoms with van der Waals surface area (Å²) in [7, 11) is 1.33. The van der Waals surface area contributed by atoms with Crippen molar-refractivity contribution in [3.8, 4) is 0 Å². The number of carbonyl (C=O) groups excluding carboxylic acids is 2. The minimum absolute atomic E-state index is 0.0676. The molecule has 94 valence electrons. The third-order valence-corrected chi connectivity index (χ3v) is 2.52. The Bertz CT molecular complexity index is 231. The maximum Gasteiger partial charge on any atom is 0.328 e. The molecule has 0 radical (unpaired) electrons. The van der Waals surface area contributed by atoms with Gasteiger partial charge < -0.3 is 15.4 Å². The highest BCUT2D eigenvalue weighted by atomic mass is 16.5. The number of hydrogen-bond donors (Lipinski definition) is 2. The highest BCUT2D eigenvalue weighted by Crippen LogP contribution is 2.08. The summed E-state index contributed by atoms with van der Waals surface area (Å²) in [5.41, 5.74) is 0. The Hall–Kier alpha value is -1.10.